The molecule has 4 nitrogen and oxygen atoms in total. The Morgan fingerprint density at radius 1 is 1.60 bits per heavy atom. The maximum Gasteiger partial charge on any atom is 0.248 e. The molecule has 0 aromatic rings. The van der Waals surface area contributed by atoms with Gasteiger partial charge in [0.15, 0.2) is 0 Å². The van der Waals surface area contributed by atoms with E-state index in [1.165, 1.54) is 0 Å². The van der Waals surface area contributed by atoms with E-state index in [-0.39, 0.29) is 5.92 Å². The number of rotatable bonds is 7. The highest BCUT2D eigenvalue weighted by Crippen LogP contribution is 2.11. The predicted molar refractivity (Wildman–Crippen MR) is 58.7 cm³/mol. The number of hydrogen-bond donors (Lipinski definition) is 0. The average molecular weight is 230 g/mol. The molecule has 0 saturated heterocycles. The van der Waals surface area contributed by atoms with Crippen LogP contribution < -0.4 is 0 Å². The Labute approximate surface area is 95.3 Å². The molecule has 0 aromatic carbocycles. The van der Waals surface area contributed by atoms with Gasteiger partial charge in [0.25, 0.3) is 0 Å². The van der Waals surface area contributed by atoms with Gasteiger partial charge in [0.1, 0.15) is 6.04 Å². The van der Waals surface area contributed by atoms with Crippen molar-refractivity contribution in [3.63, 3.8) is 0 Å². The number of carbonyl (C=O) groups excluding carboxylic acids is 1. The van der Waals surface area contributed by atoms with Crippen molar-refractivity contribution >= 4 is 16.8 Å². The molecule has 0 amide bonds. The van der Waals surface area contributed by atoms with Gasteiger partial charge in [-0.05, 0) is 31.4 Å². The first-order valence-electron chi connectivity index (χ1n) is 5.07. The van der Waals surface area contributed by atoms with E-state index >= 15 is 0 Å². The Morgan fingerprint density at radius 2 is 2.27 bits per heavy atom. The number of nitrogens with zero attached hydrogens (tertiary/aromatic N) is 3. The zero-order chi connectivity index (χ0) is 11.7. The molecule has 0 fully saturated rings. The standard InChI is InChI=1S/C10H16ClN3O/c1-3-4-5-13-14-9(10(11)15)6-8(2)7-12/h8-9H,3-6H2,1-2H3/b14-13+. The van der Waals surface area contributed by atoms with E-state index < -0.39 is 11.3 Å². The van der Waals surface area contributed by atoms with E-state index in [9.17, 15) is 4.79 Å². The summed E-state index contributed by atoms with van der Waals surface area (Å²) in [6.45, 7) is 4.39. The van der Waals surface area contributed by atoms with Crippen molar-refractivity contribution in [2.75, 3.05) is 6.54 Å². The van der Waals surface area contributed by atoms with Crippen LogP contribution in [-0.2, 0) is 4.79 Å². The molecule has 0 aliphatic heterocycles. The summed E-state index contributed by atoms with van der Waals surface area (Å²) in [7, 11) is 0. The first-order chi connectivity index (χ1) is 7.11. The normalized spacial score (nSPS) is 14.8. The molecule has 0 N–H and O–H groups in total. The molecule has 2 atom stereocenters. The van der Waals surface area contributed by atoms with Crippen LogP contribution in [0, 0.1) is 17.2 Å². The van der Waals surface area contributed by atoms with Crippen LogP contribution in [0.3, 0.4) is 0 Å². The molecule has 0 radical (unpaired) electrons. The molecular formula is C10H16ClN3O. The summed E-state index contributed by atoms with van der Waals surface area (Å²) in [6.07, 6.45) is 2.32. The van der Waals surface area contributed by atoms with Crippen LogP contribution in [0.15, 0.2) is 10.2 Å². The zero-order valence-corrected chi connectivity index (χ0v) is 9.87. The first kappa shape index (κ1) is 14.1. The Balaban J connectivity index is 4.11. The summed E-state index contributed by atoms with van der Waals surface area (Å²) in [5.41, 5.74) is 0. The van der Waals surface area contributed by atoms with Gasteiger partial charge in [-0.25, -0.2) is 0 Å². The van der Waals surface area contributed by atoms with E-state index in [0.29, 0.717) is 13.0 Å². The number of carbonyl (C=O) groups is 1. The van der Waals surface area contributed by atoms with E-state index in [2.05, 4.69) is 17.2 Å². The Morgan fingerprint density at radius 3 is 2.73 bits per heavy atom. The molecule has 15 heavy (non-hydrogen) atoms. The third-order valence-corrected chi connectivity index (χ3v) is 2.14. The van der Waals surface area contributed by atoms with Crippen LogP contribution in [0.2, 0.25) is 0 Å². The summed E-state index contributed by atoms with van der Waals surface area (Å²) in [6, 6.07) is 1.37. The zero-order valence-electron chi connectivity index (χ0n) is 9.11. The minimum absolute atomic E-state index is 0.233. The van der Waals surface area contributed by atoms with E-state index in [1.54, 1.807) is 6.92 Å². The average Bonchev–Trinajstić information content (AvgIpc) is 2.21. The number of nitriles is 1. The SMILES string of the molecule is CCCC/N=N/C(CC(C)C#N)C(=O)Cl. The number of hydrogen-bond acceptors (Lipinski definition) is 4. The highest BCUT2D eigenvalue weighted by Gasteiger charge is 2.18. The minimum Gasteiger partial charge on any atom is -0.279 e. The fraction of sp³-hybridized carbons (Fsp3) is 0.800. The molecule has 0 aliphatic rings. The molecule has 2 unspecified atom stereocenters. The van der Waals surface area contributed by atoms with E-state index in [0.717, 1.165) is 12.8 Å². The molecule has 0 heterocycles. The second kappa shape index (κ2) is 8.37. The summed E-state index contributed by atoms with van der Waals surface area (Å²) in [4.78, 5) is 11.0. The lowest BCUT2D eigenvalue weighted by Crippen LogP contribution is -2.15. The summed E-state index contributed by atoms with van der Waals surface area (Å²) in [5, 5.41) is 15.8. The highest BCUT2D eigenvalue weighted by molar-refractivity contribution is 6.64. The quantitative estimate of drug-likeness (QED) is 0.383. The van der Waals surface area contributed by atoms with Crippen molar-refractivity contribution in [2.45, 2.75) is 39.2 Å². The lowest BCUT2D eigenvalue weighted by Gasteiger charge is -2.06. The highest BCUT2D eigenvalue weighted by atomic mass is 35.5. The van der Waals surface area contributed by atoms with Crippen molar-refractivity contribution in [1.82, 2.24) is 0 Å². The molecule has 5 heteroatoms. The van der Waals surface area contributed by atoms with Crippen LogP contribution in [0.5, 0.6) is 0 Å². The maximum absolute atomic E-state index is 11.0. The number of azo groups is 1. The van der Waals surface area contributed by atoms with E-state index in [1.807, 2.05) is 6.07 Å². The van der Waals surface area contributed by atoms with E-state index in [4.69, 9.17) is 16.9 Å². The van der Waals surface area contributed by atoms with Gasteiger partial charge in [0, 0.05) is 5.92 Å². The number of halogens is 1. The summed E-state index contributed by atoms with van der Waals surface area (Å²) >= 11 is 5.36. The van der Waals surface area contributed by atoms with Gasteiger partial charge in [-0.2, -0.15) is 15.5 Å². The predicted octanol–water partition coefficient (Wildman–Crippen LogP) is 2.92. The molecule has 0 saturated carbocycles. The second-order valence-electron chi connectivity index (χ2n) is 3.42. The molecule has 0 aromatic heterocycles. The Bertz CT molecular complexity index is 260. The van der Waals surface area contributed by atoms with Gasteiger partial charge < -0.3 is 0 Å². The second-order valence-corrected chi connectivity index (χ2v) is 3.79. The largest absolute Gasteiger partial charge is 0.279 e. The lowest BCUT2D eigenvalue weighted by atomic mass is 10.1. The Hall–Kier alpha value is -0.950. The smallest absolute Gasteiger partial charge is 0.248 e. The van der Waals surface area contributed by atoms with Gasteiger partial charge in [0.05, 0.1) is 12.6 Å². The molecular weight excluding hydrogens is 214 g/mol. The fourth-order valence-electron chi connectivity index (χ4n) is 0.958. The molecule has 84 valence electrons. The van der Waals surface area contributed by atoms with Crippen LogP contribution in [0.4, 0.5) is 0 Å². The molecule has 0 aliphatic carbocycles. The van der Waals surface area contributed by atoms with Crippen molar-refractivity contribution in [3.05, 3.63) is 0 Å². The molecule has 0 bridgehead atoms. The van der Waals surface area contributed by atoms with Gasteiger partial charge in [-0.1, -0.05) is 13.3 Å². The maximum atomic E-state index is 11.0. The minimum atomic E-state index is -0.668. The molecule has 0 spiro atoms. The summed E-state index contributed by atoms with van der Waals surface area (Å²) < 4.78 is 0. The lowest BCUT2D eigenvalue weighted by molar-refractivity contribution is -0.113. The van der Waals surface area contributed by atoms with Crippen LogP contribution in [0.1, 0.15) is 33.1 Å². The third kappa shape index (κ3) is 7.03. The van der Waals surface area contributed by atoms with Crippen LogP contribution in [-0.4, -0.2) is 17.8 Å². The van der Waals surface area contributed by atoms with Crippen molar-refractivity contribution in [3.8, 4) is 6.07 Å². The van der Waals surface area contributed by atoms with Crippen molar-refractivity contribution in [1.29, 1.82) is 5.26 Å². The molecule has 0 rings (SSSR count). The van der Waals surface area contributed by atoms with Gasteiger partial charge in [0.2, 0.25) is 5.24 Å². The Kier molecular flexibility index (Phi) is 7.84. The van der Waals surface area contributed by atoms with Crippen molar-refractivity contribution in [2.24, 2.45) is 16.1 Å². The number of unbranched alkanes of at least 4 members (excludes halogenated alkanes) is 1. The first-order valence-corrected chi connectivity index (χ1v) is 5.45. The fourth-order valence-corrected chi connectivity index (χ4v) is 1.09. The topological polar surface area (TPSA) is 65.6 Å². The summed E-state index contributed by atoms with van der Waals surface area (Å²) in [5.74, 6) is -0.233. The van der Waals surface area contributed by atoms with Gasteiger partial charge >= 0.3 is 0 Å². The third-order valence-electron chi connectivity index (χ3n) is 1.89. The van der Waals surface area contributed by atoms with Crippen LogP contribution in [0.25, 0.3) is 0 Å². The van der Waals surface area contributed by atoms with Gasteiger partial charge in [-0.3, -0.25) is 4.79 Å². The van der Waals surface area contributed by atoms with Crippen LogP contribution >= 0.6 is 11.6 Å². The van der Waals surface area contributed by atoms with Crippen molar-refractivity contribution < 1.29 is 4.79 Å². The monoisotopic (exact) mass is 229 g/mol. The van der Waals surface area contributed by atoms with Gasteiger partial charge in [-0.15, -0.1) is 0 Å².